The van der Waals surface area contributed by atoms with Gasteiger partial charge >= 0.3 is 98.0 Å². The number of halogens is 1. The molecule has 0 atom stereocenters. The third-order valence-electron chi connectivity index (χ3n) is 2.18. The Morgan fingerprint density at radius 3 is 2.00 bits per heavy atom. The van der Waals surface area contributed by atoms with E-state index in [1.165, 1.54) is 0 Å². The molecule has 0 spiro atoms. The van der Waals surface area contributed by atoms with E-state index in [2.05, 4.69) is 0 Å². The molecule has 0 fully saturated rings. The van der Waals surface area contributed by atoms with Crippen LogP contribution in [-0.2, 0) is 0 Å². The molecule has 0 aliphatic rings. The summed E-state index contributed by atoms with van der Waals surface area (Å²) >= 11 is -0.107. The zero-order chi connectivity index (χ0) is 16.0. The van der Waals surface area contributed by atoms with E-state index in [1.54, 1.807) is 6.07 Å². The molecule has 0 radical (unpaired) electrons. The summed E-state index contributed by atoms with van der Waals surface area (Å²) in [5.41, 5.74) is 1.32. The van der Waals surface area contributed by atoms with E-state index in [4.69, 9.17) is 29.2 Å². The predicted molar refractivity (Wildman–Crippen MR) is 60.8 cm³/mol. The molecule has 1 aromatic heterocycles. The maximum absolute atomic E-state index is 10.8. The van der Waals surface area contributed by atoms with Crippen LogP contribution in [-0.4, -0.2) is 25.6 Å². The number of carboxylic acids is 1. The summed E-state index contributed by atoms with van der Waals surface area (Å²) in [6.45, 7) is 0. The smallest absolute Gasteiger partial charge is 0.112 e. The maximum atomic E-state index is 10.8. The van der Waals surface area contributed by atoms with Crippen LogP contribution in [0, 0.1) is 10.2 Å². The second kappa shape index (κ2) is 7.48. The predicted octanol–water partition coefficient (Wildman–Crippen LogP) is -4.99. The van der Waals surface area contributed by atoms with E-state index in [0.717, 1.165) is 10.0 Å². The van der Waals surface area contributed by atoms with Gasteiger partial charge in [-0.2, -0.15) is 0 Å². The Balaban J connectivity index is 0.000000383. The van der Waals surface area contributed by atoms with Crippen molar-refractivity contribution in [1.29, 1.82) is 0 Å². The van der Waals surface area contributed by atoms with Gasteiger partial charge in [-0.05, 0) is 0 Å². The van der Waals surface area contributed by atoms with Gasteiger partial charge in [0, 0.05) is 0 Å². The molecule has 0 saturated heterocycles. The number of carbonyl (C=O) groups is 1. The van der Waals surface area contributed by atoms with Crippen molar-refractivity contribution < 1.29 is 44.2 Å². The fourth-order valence-electron chi connectivity index (χ4n) is 1.38. The number of hydrogen-bond acceptors (Lipinski definition) is 5. The van der Waals surface area contributed by atoms with Crippen molar-refractivity contribution >= 4 is 20.5 Å². The molecule has 3 N–H and O–H groups in total. The Kier molecular flexibility index (Phi) is 6.25. The summed E-state index contributed by atoms with van der Waals surface area (Å²) in [7, 11) is -4.94. The Hall–Kier alpha value is -1.51. The molecule has 9 heteroatoms. The second-order valence-electron chi connectivity index (χ2n) is 3.63. The summed E-state index contributed by atoms with van der Waals surface area (Å²) in [6, 6.07) is 13.3. The third kappa shape index (κ3) is 6.65. The Bertz CT molecular complexity index is 661. The fourth-order valence-corrected chi connectivity index (χ4v) is 3.25. The summed E-state index contributed by atoms with van der Waals surface area (Å²) in [6.07, 6.45) is 0. The van der Waals surface area contributed by atoms with E-state index >= 15 is 0 Å². The Morgan fingerprint density at radius 2 is 1.57 bits per heavy atom. The molecular weight excluding hydrogens is 369 g/mol. The van der Waals surface area contributed by atoms with Crippen LogP contribution in [0.2, 0.25) is 0 Å². The van der Waals surface area contributed by atoms with Gasteiger partial charge in [-0.25, -0.2) is 18.6 Å². The van der Waals surface area contributed by atoms with E-state index in [-0.39, 0.29) is 20.1 Å². The van der Waals surface area contributed by atoms with Crippen LogP contribution < -0.4 is 28.3 Å². The first-order valence-electron chi connectivity index (χ1n) is 5.31. The van der Waals surface area contributed by atoms with Crippen molar-refractivity contribution in [3.8, 4) is 10.0 Å². The molecule has 0 aliphatic heterocycles. The summed E-state index contributed by atoms with van der Waals surface area (Å²) in [5.74, 6) is -0.956. The van der Waals surface area contributed by atoms with Crippen molar-refractivity contribution in [2.75, 3.05) is 0 Å². The van der Waals surface area contributed by atoms with Crippen LogP contribution in [0.3, 0.4) is 0 Å². The van der Waals surface area contributed by atoms with E-state index < -0.39 is 16.2 Å². The number of nitrogens with two attached hydrogens (primary N) is 1. The van der Waals surface area contributed by atoms with Gasteiger partial charge in [0.05, 0.1) is 0 Å². The molecule has 2 rings (SSSR count). The van der Waals surface area contributed by atoms with Crippen LogP contribution >= 0.6 is 0 Å². The Morgan fingerprint density at radius 1 is 1.05 bits per heavy atom. The number of aromatic carboxylic acids is 1. The first-order chi connectivity index (χ1) is 9.68. The fraction of sp³-hybridized carbons (Fsp3) is 0. The first kappa shape index (κ1) is 17.5. The van der Waals surface area contributed by atoms with Crippen LogP contribution in [0.25, 0.3) is 10.0 Å². The van der Waals surface area contributed by atoms with Gasteiger partial charge < -0.3 is 0 Å². The summed E-state index contributed by atoms with van der Waals surface area (Å²) in [5, 5.41) is 14.6. The molecule has 2 aromatic rings. The molecule has 0 aliphatic carbocycles. The molecule has 21 heavy (non-hydrogen) atoms. The van der Waals surface area contributed by atoms with Gasteiger partial charge in [0.1, 0.15) is 0 Å². The van der Waals surface area contributed by atoms with Gasteiger partial charge in [-0.1, -0.05) is 0 Å². The standard InChI is InChI=1S/C12H9NO2Se.ClHO4/c13-11-9(12(14)15)6-7-10(16-11)8-4-2-1-3-5-8;2-1(3,4)5/h1-7,13H,(H,14,15);(H,2,3,4,5). The summed E-state index contributed by atoms with van der Waals surface area (Å²) in [4.78, 5) is 10.8. The third-order valence-corrected chi connectivity index (χ3v) is 4.34. The van der Waals surface area contributed by atoms with Gasteiger partial charge in [0.25, 0.3) is 0 Å². The van der Waals surface area contributed by atoms with E-state index in [9.17, 15) is 4.79 Å². The van der Waals surface area contributed by atoms with Crippen LogP contribution in [0.5, 0.6) is 0 Å². The van der Waals surface area contributed by atoms with E-state index in [0.29, 0.717) is 4.23 Å². The minimum atomic E-state index is -4.94. The molecule has 1 aromatic carbocycles. The molecule has 0 amide bonds. The van der Waals surface area contributed by atoms with Crippen molar-refractivity contribution in [2.24, 2.45) is 0 Å². The number of rotatable bonds is 2. The molecule has 7 nitrogen and oxygen atoms in total. The van der Waals surface area contributed by atoms with Crippen molar-refractivity contribution in [3.05, 3.63) is 52.3 Å². The maximum Gasteiger partial charge on any atom is -0.112 e. The average molecular weight is 379 g/mol. The zero-order valence-corrected chi connectivity index (χ0v) is 12.9. The molecule has 0 unspecified atom stereocenters. The molecular formula is C12H10ClNO6Se. The van der Waals surface area contributed by atoms with Crippen LogP contribution in [0.1, 0.15) is 10.4 Å². The van der Waals surface area contributed by atoms with Crippen LogP contribution in [0.4, 0.5) is 0 Å². The van der Waals surface area contributed by atoms with Gasteiger partial charge in [0.15, 0.2) is 0 Å². The second-order valence-corrected chi connectivity index (χ2v) is 6.66. The quantitative estimate of drug-likeness (QED) is 0.499. The SMILES string of the molecule is [NH2+]=c1[se]c(-c2ccccc2)ccc1C(=O)O.[O-][Cl+3]([O-])([O-])[O-]. The monoisotopic (exact) mass is 379 g/mol. The van der Waals surface area contributed by atoms with Crippen molar-refractivity contribution in [2.45, 2.75) is 0 Å². The normalized spacial score (nSPS) is 10.5. The molecule has 0 saturated carbocycles. The molecule has 0 bridgehead atoms. The number of hydrogen-bond donors (Lipinski definition) is 2. The van der Waals surface area contributed by atoms with Crippen LogP contribution in [0.15, 0.2) is 42.5 Å². The van der Waals surface area contributed by atoms with Crippen molar-refractivity contribution in [3.63, 3.8) is 0 Å². The Labute approximate surface area is 127 Å². The van der Waals surface area contributed by atoms with Gasteiger partial charge in [0.2, 0.25) is 0 Å². The average Bonchev–Trinajstić information content (AvgIpc) is 2.37. The molecule has 112 valence electrons. The largest absolute Gasteiger partial charge is 0.222 e. The number of carboxylic acid groups (broad SMARTS) is 1. The minimum Gasteiger partial charge on any atom is -0.222 e. The zero-order valence-electron chi connectivity index (χ0n) is 10.4. The van der Waals surface area contributed by atoms with Crippen molar-refractivity contribution in [1.82, 2.24) is 0 Å². The van der Waals surface area contributed by atoms with Gasteiger partial charge in [-0.15, -0.1) is 10.2 Å². The van der Waals surface area contributed by atoms with E-state index in [1.807, 2.05) is 36.4 Å². The summed E-state index contributed by atoms with van der Waals surface area (Å²) < 4.78 is 35.6. The first-order valence-corrected chi connectivity index (χ1v) is 8.26. The number of benzene rings is 1. The minimum absolute atomic E-state index is 0.107. The topological polar surface area (TPSA) is 155 Å². The van der Waals surface area contributed by atoms with Gasteiger partial charge in [-0.3, -0.25) is 0 Å². The molecule has 1 heterocycles.